The standard InChI is InChI=1S/C20H24N4O3/c1-3-5-11-23-19(26)17(21-20(23)27)12-15-16(4-2)22-24(18(15)25)13-14-9-7-6-8-10-14/h6-10,12,22H,3-5,11,13H2,1-2H3,(H,21,27)/b17-12-. The summed E-state index contributed by atoms with van der Waals surface area (Å²) in [5.41, 5.74) is 2.08. The third kappa shape index (κ3) is 3.86. The number of hydrogen-bond donors (Lipinski definition) is 2. The Labute approximate surface area is 157 Å². The fourth-order valence-corrected chi connectivity index (χ4v) is 3.08. The molecule has 0 spiro atoms. The van der Waals surface area contributed by atoms with Crippen molar-refractivity contribution in [3.8, 4) is 0 Å². The van der Waals surface area contributed by atoms with Gasteiger partial charge >= 0.3 is 6.03 Å². The molecule has 1 aliphatic heterocycles. The molecule has 0 aliphatic carbocycles. The van der Waals surface area contributed by atoms with E-state index in [1.54, 1.807) is 0 Å². The first-order chi connectivity index (χ1) is 13.0. The summed E-state index contributed by atoms with van der Waals surface area (Å²) in [7, 11) is 0. The molecule has 27 heavy (non-hydrogen) atoms. The van der Waals surface area contributed by atoms with E-state index in [1.165, 1.54) is 15.7 Å². The number of urea groups is 1. The lowest BCUT2D eigenvalue weighted by Crippen LogP contribution is -2.31. The minimum absolute atomic E-state index is 0.147. The summed E-state index contributed by atoms with van der Waals surface area (Å²) < 4.78 is 1.52. The molecule has 1 saturated heterocycles. The first-order valence-corrected chi connectivity index (χ1v) is 9.25. The van der Waals surface area contributed by atoms with E-state index in [9.17, 15) is 14.4 Å². The number of unbranched alkanes of at least 4 members (excludes halogenated alkanes) is 1. The van der Waals surface area contributed by atoms with Crippen molar-refractivity contribution in [1.29, 1.82) is 0 Å². The zero-order valence-electron chi connectivity index (χ0n) is 15.6. The van der Waals surface area contributed by atoms with Crippen molar-refractivity contribution < 1.29 is 9.59 Å². The predicted octanol–water partition coefficient (Wildman–Crippen LogP) is 2.48. The van der Waals surface area contributed by atoms with Gasteiger partial charge < -0.3 is 5.32 Å². The number of benzene rings is 1. The number of H-pyrrole nitrogens is 1. The highest BCUT2D eigenvalue weighted by molar-refractivity contribution is 6.13. The number of carbonyl (C=O) groups excluding carboxylic acids is 2. The number of hydrogen-bond acceptors (Lipinski definition) is 3. The third-order valence-corrected chi connectivity index (χ3v) is 4.59. The van der Waals surface area contributed by atoms with E-state index >= 15 is 0 Å². The molecule has 2 aromatic rings. The van der Waals surface area contributed by atoms with E-state index < -0.39 is 6.03 Å². The van der Waals surface area contributed by atoms with Gasteiger partial charge in [-0.3, -0.25) is 19.6 Å². The van der Waals surface area contributed by atoms with Gasteiger partial charge in [-0.15, -0.1) is 0 Å². The quantitative estimate of drug-likeness (QED) is 0.581. The maximum Gasteiger partial charge on any atom is 0.329 e. The van der Waals surface area contributed by atoms with Crippen LogP contribution in [-0.4, -0.2) is 33.2 Å². The average molecular weight is 368 g/mol. The number of imide groups is 1. The molecule has 1 fully saturated rings. The fraction of sp³-hybridized carbons (Fsp3) is 0.350. The molecule has 1 aliphatic rings. The highest BCUT2D eigenvalue weighted by Gasteiger charge is 2.33. The van der Waals surface area contributed by atoms with Crippen LogP contribution in [0.2, 0.25) is 0 Å². The second-order valence-electron chi connectivity index (χ2n) is 6.53. The largest absolute Gasteiger partial charge is 0.329 e. The van der Waals surface area contributed by atoms with Gasteiger partial charge in [0.2, 0.25) is 0 Å². The van der Waals surface area contributed by atoms with Gasteiger partial charge in [0.05, 0.1) is 12.1 Å². The predicted molar refractivity (Wildman–Crippen MR) is 103 cm³/mol. The number of amides is 3. The molecule has 0 atom stereocenters. The van der Waals surface area contributed by atoms with Gasteiger partial charge in [0, 0.05) is 12.2 Å². The lowest BCUT2D eigenvalue weighted by atomic mass is 10.1. The lowest BCUT2D eigenvalue weighted by molar-refractivity contribution is -0.122. The van der Waals surface area contributed by atoms with E-state index in [1.807, 2.05) is 44.2 Å². The Morgan fingerprint density at radius 3 is 2.48 bits per heavy atom. The van der Waals surface area contributed by atoms with Crippen molar-refractivity contribution in [2.45, 2.75) is 39.7 Å². The van der Waals surface area contributed by atoms with Crippen LogP contribution < -0.4 is 10.9 Å². The van der Waals surface area contributed by atoms with E-state index in [0.29, 0.717) is 25.1 Å². The Kier molecular flexibility index (Phi) is 5.59. The number of aryl methyl sites for hydroxylation is 1. The molecule has 0 saturated carbocycles. The highest BCUT2D eigenvalue weighted by atomic mass is 16.2. The molecule has 7 nitrogen and oxygen atoms in total. The monoisotopic (exact) mass is 368 g/mol. The summed E-state index contributed by atoms with van der Waals surface area (Å²) in [4.78, 5) is 38.6. The number of nitrogens with one attached hydrogen (secondary N) is 2. The van der Waals surface area contributed by atoms with E-state index in [4.69, 9.17) is 0 Å². The van der Waals surface area contributed by atoms with E-state index in [2.05, 4.69) is 10.4 Å². The van der Waals surface area contributed by atoms with Crippen molar-refractivity contribution in [2.75, 3.05) is 6.54 Å². The number of rotatable bonds is 7. The van der Waals surface area contributed by atoms with Gasteiger partial charge in [-0.2, -0.15) is 0 Å². The Morgan fingerprint density at radius 2 is 1.81 bits per heavy atom. The molecule has 0 bridgehead atoms. The highest BCUT2D eigenvalue weighted by Crippen LogP contribution is 2.15. The summed E-state index contributed by atoms with van der Waals surface area (Å²) in [5.74, 6) is -0.384. The number of nitrogens with zero attached hydrogens (tertiary/aromatic N) is 2. The van der Waals surface area contributed by atoms with Crippen LogP contribution in [0.4, 0.5) is 4.79 Å². The maximum atomic E-state index is 12.8. The molecule has 0 radical (unpaired) electrons. The zero-order valence-corrected chi connectivity index (χ0v) is 15.6. The molecular formula is C20H24N4O3. The van der Waals surface area contributed by atoms with Gasteiger partial charge in [0.25, 0.3) is 11.5 Å². The topological polar surface area (TPSA) is 87.2 Å². The van der Waals surface area contributed by atoms with Crippen LogP contribution in [0.25, 0.3) is 6.08 Å². The van der Waals surface area contributed by atoms with Gasteiger partial charge in [-0.05, 0) is 24.5 Å². The van der Waals surface area contributed by atoms with Crippen molar-refractivity contribution >= 4 is 18.0 Å². The minimum Gasteiger partial charge on any atom is -0.303 e. The lowest BCUT2D eigenvalue weighted by Gasteiger charge is -2.09. The SMILES string of the molecule is CCCCN1C(=O)N/C(=C\c2c(CC)[nH]n(Cc3ccccc3)c2=O)C1=O. The van der Waals surface area contributed by atoms with Crippen LogP contribution in [0.5, 0.6) is 0 Å². The van der Waals surface area contributed by atoms with Crippen LogP contribution in [0.3, 0.4) is 0 Å². The summed E-state index contributed by atoms with van der Waals surface area (Å²) in [6.45, 7) is 4.73. The van der Waals surface area contributed by atoms with Gasteiger partial charge in [-0.25, -0.2) is 9.48 Å². The normalized spacial score (nSPS) is 15.6. The van der Waals surface area contributed by atoms with E-state index in [-0.39, 0.29) is 17.2 Å². The minimum atomic E-state index is -0.433. The Morgan fingerprint density at radius 1 is 1.07 bits per heavy atom. The van der Waals surface area contributed by atoms with Crippen molar-refractivity contribution in [1.82, 2.24) is 20.0 Å². The molecule has 1 aromatic carbocycles. The molecule has 3 rings (SSSR count). The van der Waals surface area contributed by atoms with Crippen LogP contribution >= 0.6 is 0 Å². The number of aromatic nitrogens is 2. The van der Waals surface area contributed by atoms with Crippen LogP contribution in [0.1, 0.15) is 43.5 Å². The molecule has 7 heteroatoms. The van der Waals surface area contributed by atoms with Crippen LogP contribution in [0, 0.1) is 0 Å². The Hall–Kier alpha value is -3.09. The summed E-state index contributed by atoms with van der Waals surface area (Å²) in [6.07, 6.45) is 3.74. The fourth-order valence-electron chi connectivity index (χ4n) is 3.08. The molecule has 3 amide bonds. The average Bonchev–Trinajstić information content (AvgIpc) is 3.11. The first kappa shape index (κ1) is 18.7. The second kappa shape index (κ2) is 8.07. The Balaban J connectivity index is 1.90. The number of aromatic amines is 1. The van der Waals surface area contributed by atoms with Crippen LogP contribution in [0.15, 0.2) is 40.8 Å². The molecule has 2 heterocycles. The van der Waals surface area contributed by atoms with Crippen molar-refractivity contribution in [2.24, 2.45) is 0 Å². The van der Waals surface area contributed by atoms with Gasteiger partial charge in [0.15, 0.2) is 0 Å². The number of carbonyl (C=O) groups is 2. The van der Waals surface area contributed by atoms with Crippen molar-refractivity contribution in [3.05, 3.63) is 63.2 Å². The summed E-state index contributed by atoms with van der Waals surface area (Å²) in [5, 5.41) is 5.70. The zero-order chi connectivity index (χ0) is 19.4. The third-order valence-electron chi connectivity index (χ3n) is 4.59. The summed E-state index contributed by atoms with van der Waals surface area (Å²) >= 11 is 0. The molecule has 2 N–H and O–H groups in total. The molecule has 0 unspecified atom stereocenters. The maximum absolute atomic E-state index is 12.8. The first-order valence-electron chi connectivity index (χ1n) is 9.25. The molecule has 1 aromatic heterocycles. The molecule has 142 valence electrons. The van der Waals surface area contributed by atoms with Crippen LogP contribution in [-0.2, 0) is 17.8 Å². The van der Waals surface area contributed by atoms with E-state index in [0.717, 1.165) is 24.1 Å². The molecular weight excluding hydrogens is 344 g/mol. The van der Waals surface area contributed by atoms with Gasteiger partial charge in [-0.1, -0.05) is 50.6 Å². The smallest absolute Gasteiger partial charge is 0.303 e. The Bertz CT molecular complexity index is 924. The second-order valence-corrected chi connectivity index (χ2v) is 6.53. The van der Waals surface area contributed by atoms with Crippen molar-refractivity contribution in [3.63, 3.8) is 0 Å². The van der Waals surface area contributed by atoms with Gasteiger partial charge in [0.1, 0.15) is 5.70 Å². The summed E-state index contributed by atoms with van der Waals surface area (Å²) in [6, 6.07) is 9.23.